The molecule has 1 fully saturated rings. The highest BCUT2D eigenvalue weighted by molar-refractivity contribution is 4.90. The second-order valence-electron chi connectivity index (χ2n) is 2.52. The van der Waals surface area contributed by atoms with Gasteiger partial charge in [-0.25, -0.2) is 0 Å². The van der Waals surface area contributed by atoms with Crippen LogP contribution < -0.4 is 0 Å². The van der Waals surface area contributed by atoms with E-state index in [1.165, 1.54) is 12.8 Å². The molecule has 0 spiro atoms. The third-order valence-corrected chi connectivity index (χ3v) is 1.58. The minimum absolute atomic E-state index is 0.606. The van der Waals surface area contributed by atoms with Crippen LogP contribution in [0, 0.1) is 11.5 Å². The van der Waals surface area contributed by atoms with Gasteiger partial charge >= 0.3 is 0 Å². The topological polar surface area (TPSA) is 27.0 Å². The summed E-state index contributed by atoms with van der Waals surface area (Å²) in [6.07, 6.45) is 5.75. The lowest BCUT2D eigenvalue weighted by Gasteiger charge is -2.11. The Balaban J connectivity index is 2.23. The Hall–Kier alpha value is -0.710. The van der Waals surface area contributed by atoms with E-state index in [9.17, 15) is 0 Å². The largest absolute Gasteiger partial charge is 0.308 e. The standard InChI is InChI=1S/C7H12N2/c1-2-5-9(6-8)7-3-4-7/h7H,2-5H2,1H3. The van der Waals surface area contributed by atoms with Gasteiger partial charge < -0.3 is 4.90 Å². The molecule has 0 aliphatic heterocycles. The van der Waals surface area contributed by atoms with Crippen molar-refractivity contribution in [2.45, 2.75) is 32.2 Å². The molecule has 1 aliphatic rings. The van der Waals surface area contributed by atoms with E-state index < -0.39 is 0 Å². The minimum Gasteiger partial charge on any atom is -0.308 e. The maximum atomic E-state index is 8.54. The molecule has 0 heterocycles. The van der Waals surface area contributed by atoms with Crippen molar-refractivity contribution in [3.05, 3.63) is 0 Å². The quantitative estimate of drug-likeness (QED) is 0.419. The smallest absolute Gasteiger partial charge is 0.179 e. The molecular weight excluding hydrogens is 112 g/mol. The molecule has 0 aromatic carbocycles. The zero-order valence-corrected chi connectivity index (χ0v) is 5.80. The lowest BCUT2D eigenvalue weighted by atomic mass is 10.4. The summed E-state index contributed by atoms with van der Waals surface area (Å²) in [5.41, 5.74) is 0. The number of nitriles is 1. The van der Waals surface area contributed by atoms with Gasteiger partial charge in [0, 0.05) is 12.6 Å². The lowest BCUT2D eigenvalue weighted by molar-refractivity contribution is 0.382. The first-order chi connectivity index (χ1) is 4.38. The molecule has 0 N–H and O–H groups in total. The Morgan fingerprint density at radius 1 is 1.67 bits per heavy atom. The molecule has 0 aromatic rings. The molecule has 0 atom stereocenters. The fraction of sp³-hybridized carbons (Fsp3) is 0.857. The molecule has 50 valence electrons. The van der Waals surface area contributed by atoms with E-state index in [4.69, 9.17) is 5.26 Å². The van der Waals surface area contributed by atoms with Crippen LogP contribution in [0.2, 0.25) is 0 Å². The molecule has 0 aromatic heterocycles. The van der Waals surface area contributed by atoms with Crippen molar-refractivity contribution in [2.24, 2.45) is 0 Å². The average Bonchev–Trinajstić information content (AvgIpc) is 2.64. The van der Waals surface area contributed by atoms with Gasteiger partial charge in [-0.1, -0.05) is 6.92 Å². The van der Waals surface area contributed by atoms with Gasteiger partial charge in [-0.15, -0.1) is 0 Å². The fourth-order valence-corrected chi connectivity index (χ4v) is 0.941. The lowest BCUT2D eigenvalue weighted by Crippen LogP contribution is -2.20. The molecule has 0 radical (unpaired) electrons. The molecule has 0 bridgehead atoms. The molecule has 1 aliphatic carbocycles. The first-order valence-corrected chi connectivity index (χ1v) is 3.55. The predicted octanol–water partition coefficient (Wildman–Crippen LogP) is 1.34. The van der Waals surface area contributed by atoms with Gasteiger partial charge in [-0.05, 0) is 19.3 Å². The summed E-state index contributed by atoms with van der Waals surface area (Å²) in [4.78, 5) is 1.89. The van der Waals surface area contributed by atoms with Crippen LogP contribution in [0.3, 0.4) is 0 Å². The zero-order chi connectivity index (χ0) is 6.69. The molecule has 0 saturated heterocycles. The van der Waals surface area contributed by atoms with Gasteiger partial charge in [0.1, 0.15) is 0 Å². The normalized spacial score (nSPS) is 16.9. The summed E-state index contributed by atoms with van der Waals surface area (Å²) in [6, 6.07) is 0.606. The number of hydrogen-bond donors (Lipinski definition) is 0. The molecular formula is C7H12N2. The summed E-state index contributed by atoms with van der Waals surface area (Å²) < 4.78 is 0. The van der Waals surface area contributed by atoms with E-state index in [-0.39, 0.29) is 0 Å². The SMILES string of the molecule is CCCN(C#N)C1CC1. The van der Waals surface area contributed by atoms with Crippen molar-refractivity contribution < 1.29 is 0 Å². The molecule has 2 heteroatoms. The van der Waals surface area contributed by atoms with Gasteiger partial charge in [0.05, 0.1) is 0 Å². The van der Waals surface area contributed by atoms with Crippen LogP contribution in [0.1, 0.15) is 26.2 Å². The van der Waals surface area contributed by atoms with Crippen molar-refractivity contribution in [1.82, 2.24) is 4.90 Å². The predicted molar refractivity (Wildman–Crippen MR) is 35.6 cm³/mol. The Morgan fingerprint density at radius 2 is 2.33 bits per heavy atom. The minimum atomic E-state index is 0.606. The summed E-state index contributed by atoms with van der Waals surface area (Å²) in [5, 5.41) is 8.54. The van der Waals surface area contributed by atoms with Crippen LogP contribution in [0.25, 0.3) is 0 Å². The third-order valence-electron chi connectivity index (χ3n) is 1.58. The Morgan fingerprint density at radius 3 is 2.67 bits per heavy atom. The fourth-order valence-electron chi connectivity index (χ4n) is 0.941. The number of nitrogens with zero attached hydrogens (tertiary/aromatic N) is 2. The first kappa shape index (κ1) is 6.41. The highest BCUT2D eigenvalue weighted by Gasteiger charge is 2.27. The average molecular weight is 124 g/mol. The van der Waals surface area contributed by atoms with Crippen LogP contribution in [0.4, 0.5) is 0 Å². The van der Waals surface area contributed by atoms with Crippen molar-refractivity contribution >= 4 is 0 Å². The van der Waals surface area contributed by atoms with Gasteiger partial charge in [-0.3, -0.25) is 0 Å². The molecule has 1 saturated carbocycles. The van der Waals surface area contributed by atoms with E-state index >= 15 is 0 Å². The van der Waals surface area contributed by atoms with E-state index in [0.717, 1.165) is 13.0 Å². The van der Waals surface area contributed by atoms with Gasteiger partial charge in [0.2, 0.25) is 0 Å². The Labute approximate surface area is 56.1 Å². The van der Waals surface area contributed by atoms with Crippen LogP contribution in [-0.4, -0.2) is 17.5 Å². The van der Waals surface area contributed by atoms with Crippen LogP contribution >= 0.6 is 0 Å². The Kier molecular flexibility index (Phi) is 1.94. The molecule has 1 rings (SSSR count). The van der Waals surface area contributed by atoms with Gasteiger partial charge in [0.15, 0.2) is 6.19 Å². The van der Waals surface area contributed by atoms with Crippen molar-refractivity contribution in [3.63, 3.8) is 0 Å². The summed E-state index contributed by atoms with van der Waals surface area (Å²) in [5.74, 6) is 0. The maximum Gasteiger partial charge on any atom is 0.179 e. The van der Waals surface area contributed by atoms with Crippen LogP contribution in [0.5, 0.6) is 0 Å². The van der Waals surface area contributed by atoms with E-state index in [2.05, 4.69) is 13.1 Å². The van der Waals surface area contributed by atoms with Gasteiger partial charge in [-0.2, -0.15) is 5.26 Å². The van der Waals surface area contributed by atoms with E-state index in [1.807, 2.05) is 4.90 Å². The summed E-state index contributed by atoms with van der Waals surface area (Å²) >= 11 is 0. The van der Waals surface area contributed by atoms with E-state index in [1.54, 1.807) is 0 Å². The third kappa shape index (κ3) is 1.60. The van der Waals surface area contributed by atoms with Crippen LogP contribution in [0.15, 0.2) is 0 Å². The highest BCUT2D eigenvalue weighted by Crippen LogP contribution is 2.25. The van der Waals surface area contributed by atoms with Crippen molar-refractivity contribution in [2.75, 3.05) is 6.54 Å². The molecule has 9 heavy (non-hydrogen) atoms. The molecule has 2 nitrogen and oxygen atoms in total. The monoisotopic (exact) mass is 124 g/mol. The summed E-state index contributed by atoms with van der Waals surface area (Å²) in [6.45, 7) is 3.05. The second kappa shape index (κ2) is 2.72. The van der Waals surface area contributed by atoms with Crippen molar-refractivity contribution in [1.29, 1.82) is 5.26 Å². The highest BCUT2D eigenvalue weighted by atomic mass is 15.2. The number of rotatable bonds is 3. The van der Waals surface area contributed by atoms with Gasteiger partial charge in [0.25, 0.3) is 0 Å². The first-order valence-electron chi connectivity index (χ1n) is 3.55. The second-order valence-corrected chi connectivity index (χ2v) is 2.52. The molecule has 0 unspecified atom stereocenters. The summed E-state index contributed by atoms with van der Waals surface area (Å²) in [7, 11) is 0. The van der Waals surface area contributed by atoms with E-state index in [0.29, 0.717) is 6.04 Å². The number of hydrogen-bond acceptors (Lipinski definition) is 2. The van der Waals surface area contributed by atoms with Crippen molar-refractivity contribution in [3.8, 4) is 6.19 Å². The zero-order valence-electron chi connectivity index (χ0n) is 5.80. The molecule has 0 amide bonds. The Bertz CT molecular complexity index is 121. The van der Waals surface area contributed by atoms with Crippen LogP contribution in [-0.2, 0) is 0 Å². The maximum absolute atomic E-state index is 8.54.